The molecule has 2 aromatic rings. The highest BCUT2D eigenvalue weighted by Gasteiger charge is 2.16. The highest BCUT2D eigenvalue weighted by Crippen LogP contribution is 2.11. The number of H-pyrrole nitrogens is 1. The van der Waals surface area contributed by atoms with Crippen molar-refractivity contribution in [3.05, 3.63) is 40.3 Å². The van der Waals surface area contributed by atoms with Crippen molar-refractivity contribution < 1.29 is 19.1 Å². The van der Waals surface area contributed by atoms with Gasteiger partial charge in [-0.15, -0.1) is 0 Å². The maximum Gasteiger partial charge on any atom is 0.309 e. The van der Waals surface area contributed by atoms with Gasteiger partial charge in [-0.3, -0.25) is 14.4 Å². The van der Waals surface area contributed by atoms with Crippen molar-refractivity contribution in [2.45, 2.75) is 12.8 Å². The molecule has 24 heavy (non-hydrogen) atoms. The van der Waals surface area contributed by atoms with E-state index in [9.17, 15) is 14.4 Å². The number of hydrogen-bond donors (Lipinski definition) is 3. The van der Waals surface area contributed by atoms with E-state index in [-0.39, 0.29) is 18.6 Å². The van der Waals surface area contributed by atoms with Crippen LogP contribution in [-0.2, 0) is 25.6 Å². The number of aromatic amines is 1. The number of nitrogens with zero attached hydrogens (tertiary/aromatic N) is 1. The van der Waals surface area contributed by atoms with Gasteiger partial charge in [0.25, 0.3) is 5.56 Å². The number of carbonyl (C=O) groups excluding carboxylic acids is 2. The van der Waals surface area contributed by atoms with E-state index in [0.717, 1.165) is 0 Å². The second-order valence-corrected chi connectivity index (χ2v) is 4.84. The Balaban J connectivity index is 1.98. The van der Waals surface area contributed by atoms with Crippen molar-refractivity contribution >= 4 is 22.6 Å². The molecule has 1 aromatic carbocycles. The molecule has 2 rings (SSSR count). The molecule has 1 aromatic heterocycles. The highest BCUT2D eigenvalue weighted by atomic mass is 16.7. The fourth-order valence-corrected chi connectivity index (χ4v) is 2.07. The van der Waals surface area contributed by atoms with Crippen LogP contribution in [0.5, 0.6) is 0 Å². The van der Waals surface area contributed by atoms with Crippen molar-refractivity contribution in [2.24, 2.45) is 0 Å². The number of aromatic nitrogens is 2. The van der Waals surface area contributed by atoms with Crippen LogP contribution in [0.4, 0.5) is 0 Å². The van der Waals surface area contributed by atoms with Crippen LogP contribution in [0, 0.1) is 0 Å². The average Bonchev–Trinajstić information content (AvgIpc) is 2.61. The summed E-state index contributed by atoms with van der Waals surface area (Å²) in [4.78, 5) is 35.2. The van der Waals surface area contributed by atoms with Crippen molar-refractivity contribution in [1.82, 2.24) is 20.8 Å². The lowest BCUT2D eigenvalue weighted by molar-refractivity contribution is -0.141. The predicted molar refractivity (Wildman–Crippen MR) is 85.0 cm³/mol. The monoisotopic (exact) mass is 334 g/mol. The summed E-state index contributed by atoms with van der Waals surface area (Å²) < 4.78 is 9.81. The molecule has 0 radical (unpaired) electrons. The number of hydrogen-bond acceptors (Lipinski definition) is 6. The Kier molecular flexibility index (Phi) is 5.99. The van der Waals surface area contributed by atoms with Crippen molar-refractivity contribution in [1.29, 1.82) is 0 Å². The minimum atomic E-state index is -0.821. The Morgan fingerprint density at radius 3 is 2.42 bits per heavy atom. The lowest BCUT2D eigenvalue weighted by atomic mass is 10.1. The summed E-state index contributed by atoms with van der Waals surface area (Å²) in [6, 6.07) is 6.87. The van der Waals surface area contributed by atoms with Crippen LogP contribution in [0.15, 0.2) is 29.1 Å². The first-order valence-corrected chi connectivity index (χ1v) is 7.14. The number of amides is 2. The third-order valence-electron chi connectivity index (χ3n) is 3.35. The number of carbonyl (C=O) groups is 2. The summed E-state index contributed by atoms with van der Waals surface area (Å²) >= 11 is 0. The van der Waals surface area contributed by atoms with Gasteiger partial charge in [0, 0.05) is 19.6 Å². The topological polar surface area (TPSA) is 122 Å². The lowest BCUT2D eigenvalue weighted by Gasteiger charge is -2.13. The molecule has 9 heteroatoms. The summed E-state index contributed by atoms with van der Waals surface area (Å²) in [6.07, 6.45) is -0.633. The Labute approximate surface area is 137 Å². The van der Waals surface area contributed by atoms with E-state index >= 15 is 0 Å². The van der Waals surface area contributed by atoms with E-state index in [1.807, 2.05) is 0 Å². The molecule has 9 nitrogen and oxygen atoms in total. The molecule has 2 amide bonds. The van der Waals surface area contributed by atoms with E-state index < -0.39 is 18.1 Å². The SMILES string of the molecule is COC(CNC(=O)C(=O)NCc1n[nH]c(=O)c2ccccc12)OC. The first kappa shape index (κ1) is 17.6. The van der Waals surface area contributed by atoms with Gasteiger partial charge in [0.15, 0.2) is 6.29 Å². The van der Waals surface area contributed by atoms with Gasteiger partial charge in [0.1, 0.15) is 0 Å². The van der Waals surface area contributed by atoms with Crippen LogP contribution >= 0.6 is 0 Å². The largest absolute Gasteiger partial charge is 0.354 e. The van der Waals surface area contributed by atoms with Crippen LogP contribution in [0.2, 0.25) is 0 Å². The lowest BCUT2D eigenvalue weighted by Crippen LogP contribution is -2.43. The third-order valence-corrected chi connectivity index (χ3v) is 3.35. The first-order chi connectivity index (χ1) is 11.6. The molecule has 0 atom stereocenters. The average molecular weight is 334 g/mol. The summed E-state index contributed by atoms with van der Waals surface area (Å²) in [5.41, 5.74) is 0.140. The second kappa shape index (κ2) is 8.18. The molecule has 0 unspecified atom stereocenters. The van der Waals surface area contributed by atoms with Crippen LogP contribution in [-0.4, -0.2) is 49.1 Å². The van der Waals surface area contributed by atoms with Crippen LogP contribution < -0.4 is 16.2 Å². The number of rotatable bonds is 6. The van der Waals surface area contributed by atoms with Crippen LogP contribution in [0.1, 0.15) is 5.69 Å². The molecule has 0 saturated carbocycles. The Morgan fingerprint density at radius 2 is 1.75 bits per heavy atom. The van der Waals surface area contributed by atoms with E-state index in [1.165, 1.54) is 14.2 Å². The van der Waals surface area contributed by atoms with Crippen molar-refractivity contribution in [2.75, 3.05) is 20.8 Å². The van der Waals surface area contributed by atoms with Gasteiger partial charge in [-0.2, -0.15) is 5.10 Å². The molecule has 0 aliphatic carbocycles. The zero-order valence-corrected chi connectivity index (χ0v) is 13.3. The molecule has 1 heterocycles. The zero-order valence-electron chi connectivity index (χ0n) is 13.3. The second-order valence-electron chi connectivity index (χ2n) is 4.84. The molecule has 128 valence electrons. The third kappa shape index (κ3) is 4.15. The fraction of sp³-hybridized carbons (Fsp3) is 0.333. The standard InChI is InChI=1S/C15H18N4O5/c1-23-12(24-2)8-17-15(22)14(21)16-7-11-9-5-3-4-6-10(9)13(20)19-18-11/h3-6,12H,7-8H2,1-2H3,(H,16,21)(H,17,22)(H,19,20). The van der Waals surface area contributed by atoms with E-state index in [4.69, 9.17) is 9.47 Å². The fourth-order valence-electron chi connectivity index (χ4n) is 2.07. The summed E-state index contributed by atoms with van der Waals surface area (Å²) in [7, 11) is 2.85. The molecular weight excluding hydrogens is 316 g/mol. The number of nitrogens with one attached hydrogen (secondary N) is 3. The zero-order chi connectivity index (χ0) is 17.5. The molecule has 0 aliphatic heterocycles. The van der Waals surface area contributed by atoms with Gasteiger partial charge in [0.2, 0.25) is 0 Å². The quantitative estimate of drug-likeness (QED) is 0.473. The van der Waals surface area contributed by atoms with E-state index in [2.05, 4.69) is 20.8 Å². The van der Waals surface area contributed by atoms with Gasteiger partial charge >= 0.3 is 11.8 Å². The maximum atomic E-state index is 11.8. The minimum Gasteiger partial charge on any atom is -0.354 e. The van der Waals surface area contributed by atoms with Crippen molar-refractivity contribution in [3.8, 4) is 0 Å². The van der Waals surface area contributed by atoms with Gasteiger partial charge in [-0.25, -0.2) is 5.10 Å². The number of benzene rings is 1. The van der Waals surface area contributed by atoms with E-state index in [1.54, 1.807) is 24.3 Å². The Hall–Kier alpha value is -2.78. The minimum absolute atomic E-state index is 0.00152. The van der Waals surface area contributed by atoms with Gasteiger partial charge in [-0.1, -0.05) is 18.2 Å². The molecule has 0 aliphatic rings. The summed E-state index contributed by atoms with van der Waals surface area (Å²) in [5.74, 6) is -1.64. The normalized spacial score (nSPS) is 10.8. The van der Waals surface area contributed by atoms with E-state index in [0.29, 0.717) is 16.5 Å². The molecule has 3 N–H and O–H groups in total. The Morgan fingerprint density at radius 1 is 1.12 bits per heavy atom. The summed E-state index contributed by atoms with van der Waals surface area (Å²) in [5, 5.41) is 12.2. The van der Waals surface area contributed by atoms with Gasteiger partial charge in [0.05, 0.1) is 24.2 Å². The highest BCUT2D eigenvalue weighted by molar-refractivity contribution is 6.35. The molecule has 0 bridgehead atoms. The van der Waals surface area contributed by atoms with Gasteiger partial charge < -0.3 is 20.1 Å². The molecule has 0 fully saturated rings. The molecular formula is C15H18N4O5. The smallest absolute Gasteiger partial charge is 0.309 e. The number of fused-ring (bicyclic) bond motifs is 1. The predicted octanol–water partition coefficient (Wildman–Crippen LogP) is -0.726. The number of ether oxygens (including phenoxy) is 2. The van der Waals surface area contributed by atoms with Crippen LogP contribution in [0.25, 0.3) is 10.8 Å². The molecule has 0 spiro atoms. The number of methoxy groups -OCH3 is 2. The van der Waals surface area contributed by atoms with Gasteiger partial charge in [-0.05, 0) is 6.07 Å². The van der Waals surface area contributed by atoms with Crippen LogP contribution in [0.3, 0.4) is 0 Å². The molecule has 0 saturated heterocycles. The maximum absolute atomic E-state index is 11.8. The summed E-state index contributed by atoms with van der Waals surface area (Å²) in [6.45, 7) is 0.0423. The first-order valence-electron chi connectivity index (χ1n) is 7.14. The Bertz CT molecular complexity index is 785. The van der Waals surface area contributed by atoms with Crippen molar-refractivity contribution in [3.63, 3.8) is 0 Å².